The summed E-state index contributed by atoms with van der Waals surface area (Å²) in [6.45, 7) is 1.91. The van der Waals surface area contributed by atoms with Gasteiger partial charge in [0.15, 0.2) is 0 Å². The zero-order chi connectivity index (χ0) is 13.3. The Morgan fingerprint density at radius 3 is 1.94 bits per heavy atom. The molecule has 1 aliphatic carbocycles. The minimum atomic E-state index is -0.845. The number of nitrogens with zero attached hydrogens (tertiary/aromatic N) is 3. The number of amides is 2. The van der Waals surface area contributed by atoms with Gasteiger partial charge in [-0.2, -0.15) is 10.5 Å². The lowest BCUT2D eigenvalue weighted by Gasteiger charge is -2.43. The van der Waals surface area contributed by atoms with Crippen molar-refractivity contribution in [2.45, 2.75) is 32.6 Å². The Hall–Kier alpha value is -1.88. The van der Waals surface area contributed by atoms with E-state index >= 15 is 0 Å². The molecule has 1 saturated carbocycles. The van der Waals surface area contributed by atoms with E-state index in [1.165, 1.54) is 0 Å². The van der Waals surface area contributed by atoms with E-state index in [0.29, 0.717) is 12.8 Å². The van der Waals surface area contributed by atoms with E-state index in [0.717, 1.165) is 17.7 Å². The number of imide groups is 1. The van der Waals surface area contributed by atoms with Gasteiger partial charge in [0.1, 0.15) is 11.8 Å². The van der Waals surface area contributed by atoms with Crippen LogP contribution in [0.4, 0.5) is 0 Å². The van der Waals surface area contributed by atoms with Crippen LogP contribution in [0.3, 0.4) is 0 Å². The minimum Gasteiger partial charge on any atom is -0.281 e. The molecule has 1 aliphatic heterocycles. The summed E-state index contributed by atoms with van der Waals surface area (Å²) in [6.07, 6.45) is 3.00. The highest BCUT2D eigenvalue weighted by atomic mass is 16.2. The molecule has 2 aliphatic rings. The average molecular weight is 245 g/mol. The molecule has 2 amide bonds. The van der Waals surface area contributed by atoms with E-state index in [-0.39, 0.29) is 6.54 Å². The fourth-order valence-corrected chi connectivity index (χ4v) is 3.37. The summed E-state index contributed by atoms with van der Waals surface area (Å²) >= 11 is 0. The lowest BCUT2D eigenvalue weighted by atomic mass is 9.62. The first kappa shape index (κ1) is 12.6. The predicted octanol–water partition coefficient (Wildman–Crippen LogP) is 1.22. The molecule has 2 rings (SSSR count). The second kappa shape index (κ2) is 4.42. The molecule has 1 saturated heterocycles. The van der Waals surface area contributed by atoms with E-state index in [1.807, 2.05) is 12.1 Å². The van der Waals surface area contributed by atoms with Crippen molar-refractivity contribution < 1.29 is 9.59 Å². The van der Waals surface area contributed by atoms with Gasteiger partial charge in [0.25, 0.3) is 0 Å². The third kappa shape index (κ3) is 1.44. The molecular weight excluding hydrogens is 230 g/mol. The lowest BCUT2D eigenvalue weighted by molar-refractivity contribution is -0.160. The van der Waals surface area contributed by atoms with Gasteiger partial charge in [-0.05, 0) is 19.8 Å². The maximum atomic E-state index is 12.2. The van der Waals surface area contributed by atoms with Crippen molar-refractivity contribution in [3.05, 3.63) is 0 Å². The first-order valence-corrected chi connectivity index (χ1v) is 6.27. The highest BCUT2D eigenvalue weighted by Gasteiger charge is 2.59. The Bertz CT molecular complexity index is 430. The monoisotopic (exact) mass is 245 g/mol. The van der Waals surface area contributed by atoms with Gasteiger partial charge in [0, 0.05) is 12.0 Å². The third-order valence-electron chi connectivity index (χ3n) is 4.28. The van der Waals surface area contributed by atoms with E-state index in [9.17, 15) is 20.1 Å². The molecule has 1 spiro atoms. The number of hydrogen-bond donors (Lipinski definition) is 0. The van der Waals surface area contributed by atoms with Crippen LogP contribution >= 0.6 is 0 Å². The van der Waals surface area contributed by atoms with E-state index in [1.54, 1.807) is 6.92 Å². The summed E-state index contributed by atoms with van der Waals surface area (Å²) in [5, 5.41) is 18.6. The molecule has 94 valence electrons. The van der Waals surface area contributed by atoms with Crippen molar-refractivity contribution in [1.29, 1.82) is 10.5 Å². The first-order chi connectivity index (χ1) is 8.62. The summed E-state index contributed by atoms with van der Waals surface area (Å²) in [5.74, 6) is -2.53. The molecule has 18 heavy (non-hydrogen) atoms. The van der Waals surface area contributed by atoms with Crippen molar-refractivity contribution in [2.75, 3.05) is 6.54 Å². The van der Waals surface area contributed by atoms with Crippen LogP contribution in [-0.4, -0.2) is 23.3 Å². The number of hydrogen-bond acceptors (Lipinski definition) is 4. The molecule has 0 radical (unpaired) electrons. The highest BCUT2D eigenvalue weighted by molar-refractivity contribution is 6.03. The molecule has 0 aromatic rings. The van der Waals surface area contributed by atoms with Gasteiger partial charge < -0.3 is 0 Å². The normalized spacial score (nSPS) is 30.3. The molecule has 1 heterocycles. The zero-order valence-electron chi connectivity index (χ0n) is 10.3. The van der Waals surface area contributed by atoms with Crippen LogP contribution in [0.2, 0.25) is 0 Å². The summed E-state index contributed by atoms with van der Waals surface area (Å²) in [4.78, 5) is 25.4. The van der Waals surface area contributed by atoms with Crippen molar-refractivity contribution in [1.82, 2.24) is 4.90 Å². The van der Waals surface area contributed by atoms with Gasteiger partial charge in [-0.3, -0.25) is 14.5 Å². The van der Waals surface area contributed by atoms with Crippen LogP contribution in [0.5, 0.6) is 0 Å². The van der Waals surface area contributed by atoms with Crippen molar-refractivity contribution >= 4 is 11.8 Å². The Labute approximate surface area is 106 Å². The van der Waals surface area contributed by atoms with Crippen molar-refractivity contribution in [2.24, 2.45) is 17.3 Å². The van der Waals surface area contributed by atoms with Crippen LogP contribution in [0.15, 0.2) is 0 Å². The summed E-state index contributed by atoms with van der Waals surface area (Å²) in [5.41, 5.74) is -0.733. The summed E-state index contributed by atoms with van der Waals surface area (Å²) in [7, 11) is 0. The number of rotatable bonds is 1. The molecule has 2 fully saturated rings. The second-order valence-electron chi connectivity index (χ2n) is 4.99. The Morgan fingerprint density at radius 2 is 1.61 bits per heavy atom. The number of likely N-dealkylation sites (tertiary alicyclic amines) is 1. The molecule has 5 nitrogen and oxygen atoms in total. The zero-order valence-corrected chi connectivity index (χ0v) is 10.3. The number of carbonyl (C=O) groups is 2. The van der Waals surface area contributed by atoms with Crippen LogP contribution in [0.1, 0.15) is 32.6 Å². The Kier molecular flexibility index (Phi) is 3.09. The Morgan fingerprint density at radius 1 is 1.17 bits per heavy atom. The third-order valence-corrected chi connectivity index (χ3v) is 4.28. The van der Waals surface area contributed by atoms with Crippen molar-refractivity contribution in [3.63, 3.8) is 0 Å². The van der Waals surface area contributed by atoms with Gasteiger partial charge in [-0.25, -0.2) is 0 Å². The summed E-state index contributed by atoms with van der Waals surface area (Å²) < 4.78 is 0. The maximum absolute atomic E-state index is 12.2. The van der Waals surface area contributed by atoms with Gasteiger partial charge in [0.05, 0.1) is 12.1 Å². The fourth-order valence-electron chi connectivity index (χ4n) is 3.37. The van der Waals surface area contributed by atoms with Gasteiger partial charge in [-0.1, -0.05) is 12.8 Å². The highest BCUT2D eigenvalue weighted by Crippen LogP contribution is 2.53. The molecule has 0 aromatic carbocycles. The Balaban J connectivity index is 2.51. The molecule has 0 N–H and O–H groups in total. The standard InChI is InChI=1S/C13H15N3O2/c1-2-16-11(17)9(7-14)13(5-3-4-6-13)10(8-15)12(16)18/h9-10H,2-6H2,1H3. The largest absolute Gasteiger partial charge is 0.281 e. The molecule has 2 atom stereocenters. The number of nitriles is 2. The van der Waals surface area contributed by atoms with Gasteiger partial charge >= 0.3 is 0 Å². The van der Waals surface area contributed by atoms with Gasteiger partial charge in [0.2, 0.25) is 11.8 Å². The van der Waals surface area contributed by atoms with Crippen LogP contribution in [0.25, 0.3) is 0 Å². The van der Waals surface area contributed by atoms with Crippen LogP contribution in [-0.2, 0) is 9.59 Å². The first-order valence-electron chi connectivity index (χ1n) is 6.27. The molecule has 5 heteroatoms. The van der Waals surface area contributed by atoms with Crippen LogP contribution in [0, 0.1) is 39.9 Å². The fraction of sp³-hybridized carbons (Fsp3) is 0.692. The molecular formula is C13H15N3O2. The molecule has 2 unspecified atom stereocenters. The molecule has 0 aromatic heterocycles. The van der Waals surface area contributed by atoms with Crippen molar-refractivity contribution in [3.8, 4) is 12.1 Å². The quantitative estimate of drug-likeness (QED) is 0.650. The van der Waals surface area contributed by atoms with E-state index in [4.69, 9.17) is 0 Å². The predicted molar refractivity (Wildman–Crippen MR) is 61.5 cm³/mol. The van der Waals surface area contributed by atoms with Gasteiger partial charge in [-0.15, -0.1) is 0 Å². The number of carbonyl (C=O) groups excluding carboxylic acids is 2. The lowest BCUT2D eigenvalue weighted by Crippen LogP contribution is -2.58. The summed E-state index contributed by atoms with van der Waals surface area (Å²) in [6, 6.07) is 4.08. The minimum absolute atomic E-state index is 0.226. The van der Waals surface area contributed by atoms with Crippen LogP contribution < -0.4 is 0 Å². The van der Waals surface area contributed by atoms with E-state index < -0.39 is 29.1 Å². The smallest absolute Gasteiger partial charge is 0.247 e. The average Bonchev–Trinajstić information content (AvgIpc) is 2.80. The number of piperidine rings is 1. The second-order valence-corrected chi connectivity index (χ2v) is 4.99. The SMILES string of the molecule is CCN1C(=O)C(C#N)C2(CCCC2)C(C#N)C1=O. The maximum Gasteiger partial charge on any atom is 0.247 e. The van der Waals surface area contributed by atoms with E-state index in [2.05, 4.69) is 0 Å². The molecule has 0 bridgehead atoms. The topological polar surface area (TPSA) is 85.0 Å².